The molecule has 2 amide bonds. The second-order valence-electron chi connectivity index (χ2n) is 9.80. The zero-order valence-electron chi connectivity index (χ0n) is 22.1. The molecule has 0 radical (unpaired) electrons. The van der Waals surface area contributed by atoms with Crippen molar-refractivity contribution in [2.24, 2.45) is 0 Å². The van der Waals surface area contributed by atoms with Crippen LogP contribution < -0.4 is 9.62 Å². The summed E-state index contributed by atoms with van der Waals surface area (Å²) in [4.78, 5) is 40.5. The highest BCUT2D eigenvalue weighted by molar-refractivity contribution is 7.92. The van der Waals surface area contributed by atoms with Crippen molar-refractivity contribution in [1.82, 2.24) is 10.2 Å². The lowest BCUT2D eigenvalue weighted by Crippen LogP contribution is -2.53. The number of carbonyl (C=O) groups is 3. The van der Waals surface area contributed by atoms with Gasteiger partial charge in [-0.25, -0.2) is 8.42 Å². The van der Waals surface area contributed by atoms with Gasteiger partial charge < -0.3 is 10.2 Å². The molecule has 1 unspecified atom stereocenters. The molecule has 0 aliphatic heterocycles. The van der Waals surface area contributed by atoms with E-state index in [9.17, 15) is 22.8 Å². The van der Waals surface area contributed by atoms with Crippen LogP contribution in [0.5, 0.6) is 0 Å². The molecule has 3 rings (SSSR count). The highest BCUT2D eigenvalue weighted by Crippen LogP contribution is 2.22. The molecule has 0 spiro atoms. The summed E-state index contributed by atoms with van der Waals surface area (Å²) in [6, 6.07) is 13.2. The Balaban J connectivity index is 1.94. The van der Waals surface area contributed by atoms with Crippen LogP contribution in [0.25, 0.3) is 0 Å². The highest BCUT2D eigenvalue weighted by atomic mass is 32.2. The van der Waals surface area contributed by atoms with Gasteiger partial charge in [0.2, 0.25) is 21.8 Å². The van der Waals surface area contributed by atoms with Crippen molar-refractivity contribution in [2.75, 3.05) is 17.1 Å². The maximum atomic E-state index is 13.8. The van der Waals surface area contributed by atoms with Gasteiger partial charge in [0.05, 0.1) is 11.9 Å². The minimum Gasteiger partial charge on any atom is -0.352 e. The predicted molar refractivity (Wildman–Crippen MR) is 145 cm³/mol. The summed E-state index contributed by atoms with van der Waals surface area (Å²) in [5.74, 6) is -0.927. The van der Waals surface area contributed by atoms with Gasteiger partial charge in [0.25, 0.3) is 0 Å². The Morgan fingerprint density at radius 1 is 1.05 bits per heavy atom. The fraction of sp³-hybridized carbons (Fsp3) is 0.464. The first-order chi connectivity index (χ1) is 17.5. The van der Waals surface area contributed by atoms with Crippen molar-refractivity contribution in [3.63, 3.8) is 0 Å². The molecule has 1 fully saturated rings. The third-order valence-electron chi connectivity index (χ3n) is 6.78. The Labute approximate surface area is 220 Å². The van der Waals surface area contributed by atoms with Gasteiger partial charge in [-0.3, -0.25) is 18.7 Å². The molecule has 0 aromatic heterocycles. The predicted octanol–water partition coefficient (Wildman–Crippen LogP) is 3.83. The number of rotatable bonds is 11. The van der Waals surface area contributed by atoms with Crippen LogP contribution in [0.2, 0.25) is 0 Å². The number of nitrogens with one attached hydrogen (secondary N) is 1. The average Bonchev–Trinajstić information content (AvgIpc) is 3.35. The maximum Gasteiger partial charge on any atom is 0.244 e. The van der Waals surface area contributed by atoms with E-state index in [1.54, 1.807) is 18.2 Å². The van der Waals surface area contributed by atoms with Crippen LogP contribution >= 0.6 is 0 Å². The van der Waals surface area contributed by atoms with Crippen LogP contribution in [0.3, 0.4) is 0 Å². The third-order valence-corrected chi connectivity index (χ3v) is 7.92. The maximum absolute atomic E-state index is 13.8. The summed E-state index contributed by atoms with van der Waals surface area (Å²) in [6.45, 7) is 4.89. The highest BCUT2D eigenvalue weighted by Gasteiger charge is 2.33. The number of amides is 2. The van der Waals surface area contributed by atoms with Gasteiger partial charge in [-0.15, -0.1) is 0 Å². The molecule has 1 atom stereocenters. The van der Waals surface area contributed by atoms with Crippen molar-refractivity contribution in [1.29, 1.82) is 0 Å². The standard InChI is InChI=1S/C28H37N3O5S/c1-5-26(28(34)29-24-10-6-7-11-24)30(18-22-15-13-20(2)14-16-22)27(33)19-31(37(4,35)36)25-12-8-9-23(17-25)21(3)32/h8-9,12-17,24,26H,5-7,10-11,18-19H2,1-4H3,(H,29,34). The van der Waals surface area contributed by atoms with Gasteiger partial charge in [-0.2, -0.15) is 0 Å². The molecule has 2 aromatic rings. The first-order valence-electron chi connectivity index (χ1n) is 12.7. The number of ketones is 1. The van der Waals surface area contributed by atoms with Crippen molar-refractivity contribution >= 4 is 33.3 Å². The Morgan fingerprint density at radius 3 is 2.27 bits per heavy atom. The van der Waals surface area contributed by atoms with Gasteiger partial charge in [0.1, 0.15) is 12.6 Å². The van der Waals surface area contributed by atoms with E-state index in [-0.39, 0.29) is 30.0 Å². The van der Waals surface area contributed by atoms with E-state index in [4.69, 9.17) is 0 Å². The molecule has 0 heterocycles. The number of Topliss-reactive ketones (excluding diaryl/α,β-unsaturated/α-hetero) is 1. The Kier molecular flexibility index (Phi) is 9.48. The number of sulfonamides is 1. The molecule has 1 saturated carbocycles. The number of anilines is 1. The summed E-state index contributed by atoms with van der Waals surface area (Å²) >= 11 is 0. The SMILES string of the molecule is CCC(C(=O)NC1CCCC1)N(Cc1ccc(C)cc1)C(=O)CN(c1cccc(C(C)=O)c1)S(C)(=O)=O. The lowest BCUT2D eigenvalue weighted by Gasteiger charge is -2.33. The van der Waals surface area contributed by atoms with Crippen LogP contribution in [0.4, 0.5) is 5.69 Å². The fourth-order valence-electron chi connectivity index (χ4n) is 4.67. The Morgan fingerprint density at radius 2 is 1.70 bits per heavy atom. The molecule has 8 nitrogen and oxygen atoms in total. The quantitative estimate of drug-likeness (QED) is 0.448. The van der Waals surface area contributed by atoms with Crippen LogP contribution in [0.15, 0.2) is 48.5 Å². The molecule has 1 N–H and O–H groups in total. The van der Waals surface area contributed by atoms with E-state index < -0.39 is 28.5 Å². The topological polar surface area (TPSA) is 104 Å². The van der Waals surface area contributed by atoms with E-state index >= 15 is 0 Å². The molecule has 1 aliphatic rings. The third kappa shape index (κ3) is 7.64. The van der Waals surface area contributed by atoms with E-state index in [1.165, 1.54) is 17.9 Å². The number of aryl methyl sites for hydroxylation is 1. The van der Waals surface area contributed by atoms with E-state index in [0.29, 0.717) is 12.0 Å². The van der Waals surface area contributed by atoms with E-state index in [2.05, 4.69) is 5.32 Å². The molecule has 0 bridgehead atoms. The minimum absolute atomic E-state index is 0.0970. The van der Waals surface area contributed by atoms with Crippen molar-refractivity contribution in [3.05, 3.63) is 65.2 Å². The van der Waals surface area contributed by atoms with Crippen LogP contribution in [0, 0.1) is 6.92 Å². The minimum atomic E-state index is -3.86. The largest absolute Gasteiger partial charge is 0.352 e. The first kappa shape index (κ1) is 28.4. The van der Waals surface area contributed by atoms with Gasteiger partial charge in [0.15, 0.2) is 5.78 Å². The van der Waals surface area contributed by atoms with E-state index in [0.717, 1.165) is 47.4 Å². The first-order valence-corrected chi connectivity index (χ1v) is 14.6. The monoisotopic (exact) mass is 527 g/mol. The van der Waals surface area contributed by atoms with Gasteiger partial charge in [-0.05, 0) is 50.8 Å². The summed E-state index contributed by atoms with van der Waals surface area (Å²) in [5.41, 5.74) is 2.48. The zero-order valence-corrected chi connectivity index (χ0v) is 22.9. The molecule has 200 valence electrons. The molecule has 0 saturated heterocycles. The molecule has 2 aromatic carbocycles. The number of carbonyl (C=O) groups excluding carboxylic acids is 3. The fourth-order valence-corrected chi connectivity index (χ4v) is 5.51. The lowest BCUT2D eigenvalue weighted by atomic mass is 10.1. The summed E-state index contributed by atoms with van der Waals surface area (Å²) < 4.78 is 26.5. The van der Waals surface area contributed by atoms with Gasteiger partial charge in [0, 0.05) is 18.2 Å². The van der Waals surface area contributed by atoms with Gasteiger partial charge >= 0.3 is 0 Å². The van der Waals surface area contributed by atoms with Crippen LogP contribution in [-0.2, 0) is 26.2 Å². The van der Waals surface area contributed by atoms with Gasteiger partial charge in [-0.1, -0.05) is 61.7 Å². The molecular formula is C28H37N3O5S. The second kappa shape index (κ2) is 12.4. The summed E-state index contributed by atoms with van der Waals surface area (Å²) in [5, 5.41) is 3.09. The molecule has 37 heavy (non-hydrogen) atoms. The Bertz CT molecular complexity index is 1220. The van der Waals surface area contributed by atoms with E-state index in [1.807, 2.05) is 38.1 Å². The molecule has 9 heteroatoms. The average molecular weight is 528 g/mol. The zero-order chi connectivity index (χ0) is 27.2. The Hall–Kier alpha value is -3.20. The van der Waals surface area contributed by atoms with Crippen molar-refractivity contribution in [2.45, 2.75) is 71.5 Å². The normalized spacial score (nSPS) is 14.7. The number of hydrogen-bond donors (Lipinski definition) is 1. The van der Waals surface area contributed by atoms with Crippen molar-refractivity contribution < 1.29 is 22.8 Å². The number of hydrogen-bond acceptors (Lipinski definition) is 5. The number of benzene rings is 2. The number of nitrogens with zero attached hydrogens (tertiary/aromatic N) is 2. The smallest absolute Gasteiger partial charge is 0.244 e. The van der Waals surface area contributed by atoms with Crippen LogP contribution in [-0.4, -0.2) is 55.8 Å². The second-order valence-corrected chi connectivity index (χ2v) is 11.7. The summed E-state index contributed by atoms with van der Waals surface area (Å²) in [7, 11) is -3.86. The molecule has 1 aliphatic carbocycles. The van der Waals surface area contributed by atoms with Crippen LogP contribution in [0.1, 0.15) is 67.4 Å². The summed E-state index contributed by atoms with van der Waals surface area (Å²) in [6.07, 6.45) is 5.38. The lowest BCUT2D eigenvalue weighted by molar-refractivity contribution is -0.140. The van der Waals surface area contributed by atoms with Crippen molar-refractivity contribution in [3.8, 4) is 0 Å². The molecular weight excluding hydrogens is 490 g/mol.